The summed E-state index contributed by atoms with van der Waals surface area (Å²) >= 11 is 0. The number of ether oxygens (including phenoxy) is 1. The van der Waals surface area contributed by atoms with Gasteiger partial charge >= 0.3 is 6.03 Å². The van der Waals surface area contributed by atoms with Crippen molar-refractivity contribution in [1.29, 1.82) is 0 Å². The zero-order valence-electron chi connectivity index (χ0n) is 19.6. The molecule has 0 aromatic heterocycles. The molecule has 6 nitrogen and oxygen atoms in total. The first kappa shape index (κ1) is 23.2. The monoisotopic (exact) mass is 426 g/mol. The average molecular weight is 427 g/mol. The van der Waals surface area contributed by atoms with Gasteiger partial charge in [0.05, 0.1) is 6.61 Å². The molecule has 1 aromatic rings. The zero-order chi connectivity index (χ0) is 22.2. The molecule has 2 aliphatic heterocycles. The molecule has 0 bridgehead atoms. The van der Waals surface area contributed by atoms with Crippen molar-refractivity contribution in [2.75, 3.05) is 51.2 Å². The SMILES string of the molecule is CC/C=C(\C(C)=C(C)C)N1CCN(CCCOc2ccc3c(c2)NC(=O)NCC3)CC1. The first-order chi connectivity index (χ1) is 15.0. The smallest absolute Gasteiger partial charge is 0.319 e. The molecule has 2 amide bonds. The third-order valence-corrected chi connectivity index (χ3v) is 6.14. The Labute approximate surface area is 187 Å². The minimum absolute atomic E-state index is 0.147. The van der Waals surface area contributed by atoms with Crippen LogP contribution in [0.2, 0.25) is 0 Å². The van der Waals surface area contributed by atoms with Crippen molar-refractivity contribution in [3.05, 3.63) is 46.7 Å². The second-order valence-corrected chi connectivity index (χ2v) is 8.60. The van der Waals surface area contributed by atoms with Gasteiger partial charge in [0.1, 0.15) is 5.75 Å². The summed E-state index contributed by atoms with van der Waals surface area (Å²) in [6.45, 7) is 15.6. The van der Waals surface area contributed by atoms with E-state index in [1.54, 1.807) is 0 Å². The number of benzene rings is 1. The van der Waals surface area contributed by atoms with E-state index in [1.807, 2.05) is 18.2 Å². The van der Waals surface area contributed by atoms with E-state index in [1.165, 1.54) is 16.8 Å². The normalized spacial score (nSPS) is 17.4. The van der Waals surface area contributed by atoms with Crippen LogP contribution in [-0.4, -0.2) is 61.7 Å². The highest BCUT2D eigenvalue weighted by atomic mass is 16.5. The summed E-state index contributed by atoms with van der Waals surface area (Å²) in [5.41, 5.74) is 6.22. The fourth-order valence-electron chi connectivity index (χ4n) is 4.12. The van der Waals surface area contributed by atoms with E-state index in [-0.39, 0.29) is 6.03 Å². The van der Waals surface area contributed by atoms with Gasteiger partial charge in [0.15, 0.2) is 0 Å². The molecule has 6 heteroatoms. The Morgan fingerprint density at radius 1 is 1.16 bits per heavy atom. The predicted octanol–water partition coefficient (Wildman–Crippen LogP) is 4.40. The standard InChI is InChI=1S/C25H38N4O2/c1-5-7-24(20(4)19(2)3)29-15-13-28(14-16-29)12-6-17-31-22-9-8-21-10-11-26-25(30)27-23(21)18-22/h7-9,18H,5-6,10-17H2,1-4H3,(H2,26,27,30)/b24-7+. The Bertz CT molecular complexity index is 819. The van der Waals surface area contributed by atoms with Crippen LogP contribution in [-0.2, 0) is 6.42 Å². The number of carbonyl (C=O) groups is 1. The zero-order valence-corrected chi connectivity index (χ0v) is 19.6. The summed E-state index contributed by atoms with van der Waals surface area (Å²) in [6, 6.07) is 5.84. The molecule has 2 N–H and O–H groups in total. The first-order valence-electron chi connectivity index (χ1n) is 11.6. The van der Waals surface area contributed by atoms with Crippen molar-refractivity contribution in [2.45, 2.75) is 47.0 Å². The number of allylic oxidation sites excluding steroid dienone is 3. The fraction of sp³-hybridized carbons (Fsp3) is 0.560. The summed E-state index contributed by atoms with van der Waals surface area (Å²) < 4.78 is 5.96. The van der Waals surface area contributed by atoms with Gasteiger partial charge in [-0.25, -0.2) is 4.79 Å². The second kappa shape index (κ2) is 11.2. The summed E-state index contributed by atoms with van der Waals surface area (Å²) in [7, 11) is 0. The van der Waals surface area contributed by atoms with Crippen molar-refractivity contribution in [3.8, 4) is 5.75 Å². The van der Waals surface area contributed by atoms with Crippen LogP contribution in [0.4, 0.5) is 10.5 Å². The highest BCUT2D eigenvalue weighted by Gasteiger charge is 2.19. The van der Waals surface area contributed by atoms with Gasteiger partial charge in [-0.1, -0.05) is 24.6 Å². The fourth-order valence-corrected chi connectivity index (χ4v) is 4.12. The number of fused-ring (bicyclic) bond motifs is 1. The van der Waals surface area contributed by atoms with Gasteiger partial charge in [-0.3, -0.25) is 4.90 Å². The summed E-state index contributed by atoms with van der Waals surface area (Å²) in [5.74, 6) is 0.817. The van der Waals surface area contributed by atoms with Crippen LogP contribution in [0.5, 0.6) is 5.75 Å². The lowest BCUT2D eigenvalue weighted by Gasteiger charge is -2.38. The Balaban J connectivity index is 1.42. The summed E-state index contributed by atoms with van der Waals surface area (Å²) in [5, 5.41) is 5.71. The lowest BCUT2D eigenvalue weighted by molar-refractivity contribution is 0.151. The molecular weight excluding hydrogens is 388 g/mol. The predicted molar refractivity (Wildman–Crippen MR) is 128 cm³/mol. The topological polar surface area (TPSA) is 56.8 Å². The van der Waals surface area contributed by atoms with Gasteiger partial charge in [-0.2, -0.15) is 0 Å². The van der Waals surface area contributed by atoms with E-state index in [2.05, 4.69) is 54.2 Å². The van der Waals surface area contributed by atoms with Gasteiger partial charge in [-0.15, -0.1) is 0 Å². The first-order valence-corrected chi connectivity index (χ1v) is 11.6. The number of urea groups is 1. The molecule has 0 spiro atoms. The molecular formula is C25H38N4O2. The molecule has 2 heterocycles. The number of hydrogen-bond acceptors (Lipinski definition) is 4. The second-order valence-electron chi connectivity index (χ2n) is 8.60. The number of carbonyl (C=O) groups excluding carboxylic acids is 1. The van der Waals surface area contributed by atoms with E-state index in [4.69, 9.17) is 4.74 Å². The third-order valence-electron chi connectivity index (χ3n) is 6.14. The molecule has 3 rings (SSSR count). The largest absolute Gasteiger partial charge is 0.493 e. The van der Waals surface area contributed by atoms with Crippen LogP contribution in [0.25, 0.3) is 0 Å². The number of rotatable bonds is 8. The van der Waals surface area contributed by atoms with Crippen molar-refractivity contribution in [1.82, 2.24) is 15.1 Å². The number of nitrogens with one attached hydrogen (secondary N) is 2. The van der Waals surface area contributed by atoms with E-state index >= 15 is 0 Å². The van der Waals surface area contributed by atoms with Crippen LogP contribution in [0.1, 0.15) is 46.1 Å². The van der Waals surface area contributed by atoms with Crippen molar-refractivity contribution in [2.24, 2.45) is 0 Å². The van der Waals surface area contributed by atoms with Gasteiger partial charge < -0.3 is 20.3 Å². The molecule has 0 saturated carbocycles. The van der Waals surface area contributed by atoms with E-state index < -0.39 is 0 Å². The molecule has 0 atom stereocenters. The lowest BCUT2D eigenvalue weighted by Crippen LogP contribution is -2.46. The maximum absolute atomic E-state index is 11.7. The number of hydrogen-bond donors (Lipinski definition) is 2. The highest BCUT2D eigenvalue weighted by Crippen LogP contribution is 2.25. The van der Waals surface area contributed by atoms with Gasteiger partial charge in [0, 0.05) is 56.7 Å². The van der Waals surface area contributed by atoms with Crippen LogP contribution >= 0.6 is 0 Å². The Morgan fingerprint density at radius 2 is 1.94 bits per heavy atom. The molecule has 0 unspecified atom stereocenters. The molecule has 31 heavy (non-hydrogen) atoms. The minimum atomic E-state index is -0.147. The van der Waals surface area contributed by atoms with Gasteiger partial charge in [0.25, 0.3) is 0 Å². The van der Waals surface area contributed by atoms with Crippen LogP contribution in [0.3, 0.4) is 0 Å². The highest BCUT2D eigenvalue weighted by molar-refractivity contribution is 5.91. The van der Waals surface area contributed by atoms with Crippen molar-refractivity contribution in [3.63, 3.8) is 0 Å². The maximum atomic E-state index is 11.7. The Morgan fingerprint density at radius 3 is 2.65 bits per heavy atom. The summed E-state index contributed by atoms with van der Waals surface area (Å²) in [4.78, 5) is 16.8. The van der Waals surface area contributed by atoms with E-state index in [0.29, 0.717) is 13.2 Å². The third kappa shape index (κ3) is 6.50. The van der Waals surface area contributed by atoms with Gasteiger partial charge in [0.2, 0.25) is 0 Å². The van der Waals surface area contributed by atoms with E-state index in [9.17, 15) is 4.79 Å². The summed E-state index contributed by atoms with van der Waals surface area (Å²) in [6.07, 6.45) is 5.27. The Hall–Kier alpha value is -2.47. The number of anilines is 1. The van der Waals surface area contributed by atoms with Crippen molar-refractivity contribution >= 4 is 11.7 Å². The molecule has 0 aliphatic carbocycles. The van der Waals surface area contributed by atoms with Crippen molar-refractivity contribution < 1.29 is 9.53 Å². The number of amides is 2. The van der Waals surface area contributed by atoms with Crippen LogP contribution < -0.4 is 15.4 Å². The molecule has 0 radical (unpaired) electrons. The van der Waals surface area contributed by atoms with E-state index in [0.717, 1.165) is 69.0 Å². The molecule has 1 saturated heterocycles. The minimum Gasteiger partial charge on any atom is -0.493 e. The van der Waals surface area contributed by atoms with Gasteiger partial charge in [-0.05, 0) is 57.2 Å². The molecule has 170 valence electrons. The van der Waals surface area contributed by atoms with Crippen LogP contribution in [0.15, 0.2) is 41.1 Å². The lowest BCUT2D eigenvalue weighted by atomic mass is 10.1. The number of nitrogens with zero attached hydrogens (tertiary/aromatic N) is 2. The maximum Gasteiger partial charge on any atom is 0.319 e. The van der Waals surface area contributed by atoms with Crippen LogP contribution in [0, 0.1) is 0 Å². The molecule has 1 aromatic carbocycles. The Kier molecular flexibility index (Phi) is 8.41. The molecule has 1 fully saturated rings. The molecule has 2 aliphatic rings. The average Bonchev–Trinajstić information content (AvgIpc) is 2.95. The quantitative estimate of drug-likeness (QED) is 0.478. The number of piperazine rings is 1.